The minimum Gasteiger partial charge on any atom is -0.370 e. The summed E-state index contributed by atoms with van der Waals surface area (Å²) in [4.78, 5) is 11.4. The first-order valence-corrected chi connectivity index (χ1v) is 8.66. The fourth-order valence-electron chi connectivity index (χ4n) is 2.75. The highest BCUT2D eigenvalue weighted by Gasteiger charge is 2.15. The Labute approximate surface area is 146 Å². The minimum atomic E-state index is 0.661. The van der Waals surface area contributed by atoms with E-state index in [2.05, 4.69) is 20.2 Å². The topological polar surface area (TPSA) is 41.1 Å². The Morgan fingerprint density at radius 2 is 1.91 bits per heavy atom. The van der Waals surface area contributed by atoms with E-state index in [9.17, 15) is 0 Å². The van der Waals surface area contributed by atoms with Gasteiger partial charge in [0.1, 0.15) is 5.82 Å². The SMILES string of the molecule is Cc1cc(NCCc2ccc(Cl)cc2Cl)nc(N2CCCC2)n1. The summed E-state index contributed by atoms with van der Waals surface area (Å²) in [6.07, 6.45) is 3.25. The van der Waals surface area contributed by atoms with Crippen LogP contribution in [0, 0.1) is 6.92 Å². The lowest BCUT2D eigenvalue weighted by Gasteiger charge is -2.17. The number of anilines is 2. The summed E-state index contributed by atoms with van der Waals surface area (Å²) >= 11 is 12.1. The highest BCUT2D eigenvalue weighted by atomic mass is 35.5. The van der Waals surface area contributed by atoms with E-state index in [4.69, 9.17) is 23.2 Å². The largest absolute Gasteiger partial charge is 0.370 e. The van der Waals surface area contributed by atoms with Crippen molar-refractivity contribution in [3.05, 3.63) is 45.6 Å². The molecule has 2 aromatic rings. The molecule has 2 heterocycles. The molecule has 0 saturated carbocycles. The Hall–Kier alpha value is -1.52. The molecule has 0 atom stereocenters. The first-order valence-electron chi connectivity index (χ1n) is 7.90. The molecule has 122 valence electrons. The smallest absolute Gasteiger partial charge is 0.227 e. The van der Waals surface area contributed by atoms with Crippen LogP contribution in [0.15, 0.2) is 24.3 Å². The molecule has 4 nitrogen and oxygen atoms in total. The summed E-state index contributed by atoms with van der Waals surface area (Å²) in [5, 5.41) is 4.74. The summed E-state index contributed by atoms with van der Waals surface area (Å²) < 4.78 is 0. The van der Waals surface area contributed by atoms with E-state index in [0.29, 0.717) is 10.0 Å². The number of nitrogens with zero attached hydrogens (tertiary/aromatic N) is 3. The van der Waals surface area contributed by atoms with Crippen molar-refractivity contribution in [3.8, 4) is 0 Å². The molecule has 1 aromatic carbocycles. The van der Waals surface area contributed by atoms with Gasteiger partial charge >= 0.3 is 0 Å². The Morgan fingerprint density at radius 3 is 2.65 bits per heavy atom. The molecule has 0 bridgehead atoms. The van der Waals surface area contributed by atoms with Gasteiger partial charge in [0.25, 0.3) is 0 Å². The van der Waals surface area contributed by atoms with E-state index in [1.165, 1.54) is 12.8 Å². The van der Waals surface area contributed by atoms with Crippen LogP contribution in [0.4, 0.5) is 11.8 Å². The zero-order chi connectivity index (χ0) is 16.2. The summed E-state index contributed by atoms with van der Waals surface area (Å²) in [6, 6.07) is 7.58. The van der Waals surface area contributed by atoms with Gasteiger partial charge in [0.2, 0.25) is 5.95 Å². The maximum absolute atomic E-state index is 6.20. The van der Waals surface area contributed by atoms with Gasteiger partial charge in [-0.15, -0.1) is 0 Å². The van der Waals surface area contributed by atoms with Crippen molar-refractivity contribution in [3.63, 3.8) is 0 Å². The van der Waals surface area contributed by atoms with Crippen molar-refractivity contribution in [1.82, 2.24) is 9.97 Å². The fraction of sp³-hybridized carbons (Fsp3) is 0.412. The Balaban J connectivity index is 1.63. The molecule has 23 heavy (non-hydrogen) atoms. The number of hydrogen-bond donors (Lipinski definition) is 1. The Bertz CT molecular complexity index is 684. The molecule has 1 aliphatic heterocycles. The molecule has 1 saturated heterocycles. The molecule has 0 unspecified atom stereocenters. The van der Waals surface area contributed by atoms with Gasteiger partial charge in [-0.05, 0) is 43.9 Å². The highest BCUT2D eigenvalue weighted by molar-refractivity contribution is 6.35. The highest BCUT2D eigenvalue weighted by Crippen LogP contribution is 2.22. The summed E-state index contributed by atoms with van der Waals surface area (Å²) in [5.74, 6) is 1.69. The van der Waals surface area contributed by atoms with Crippen LogP contribution in [-0.2, 0) is 6.42 Å². The second-order valence-corrected chi connectivity index (χ2v) is 6.64. The number of hydrogen-bond acceptors (Lipinski definition) is 4. The fourth-order valence-corrected chi connectivity index (χ4v) is 3.25. The van der Waals surface area contributed by atoms with Gasteiger partial charge in [0.15, 0.2) is 0 Å². The van der Waals surface area contributed by atoms with Crippen molar-refractivity contribution < 1.29 is 0 Å². The third-order valence-corrected chi connectivity index (χ3v) is 4.53. The standard InChI is InChI=1S/C17H20Cl2N4/c1-12-10-16(22-17(21-12)23-8-2-3-9-23)20-7-6-13-4-5-14(18)11-15(13)19/h4-5,10-11H,2-3,6-9H2,1H3,(H,20,21,22). The van der Waals surface area contributed by atoms with Gasteiger partial charge in [-0.1, -0.05) is 29.3 Å². The van der Waals surface area contributed by atoms with E-state index in [0.717, 1.165) is 49.1 Å². The zero-order valence-corrected chi connectivity index (χ0v) is 14.7. The third-order valence-electron chi connectivity index (χ3n) is 3.95. The molecule has 0 aliphatic carbocycles. The van der Waals surface area contributed by atoms with Crippen molar-refractivity contribution >= 4 is 35.0 Å². The van der Waals surface area contributed by atoms with E-state index < -0.39 is 0 Å². The summed E-state index contributed by atoms with van der Waals surface area (Å²) in [5.41, 5.74) is 2.06. The molecule has 1 aromatic heterocycles. The van der Waals surface area contributed by atoms with E-state index in [1.54, 1.807) is 6.07 Å². The molecule has 3 rings (SSSR count). The van der Waals surface area contributed by atoms with Crippen molar-refractivity contribution in [2.45, 2.75) is 26.2 Å². The van der Waals surface area contributed by atoms with Crippen LogP contribution < -0.4 is 10.2 Å². The maximum Gasteiger partial charge on any atom is 0.227 e. The molecule has 0 radical (unpaired) electrons. The van der Waals surface area contributed by atoms with Gasteiger partial charge in [0, 0.05) is 41.4 Å². The van der Waals surface area contributed by atoms with Crippen LogP contribution in [-0.4, -0.2) is 29.6 Å². The van der Waals surface area contributed by atoms with E-state index in [-0.39, 0.29) is 0 Å². The number of nitrogens with one attached hydrogen (secondary N) is 1. The van der Waals surface area contributed by atoms with Gasteiger partial charge in [-0.25, -0.2) is 4.98 Å². The number of rotatable bonds is 5. The molecule has 1 fully saturated rings. The van der Waals surface area contributed by atoms with Crippen molar-refractivity contribution in [2.24, 2.45) is 0 Å². The second-order valence-electron chi connectivity index (χ2n) is 5.80. The van der Waals surface area contributed by atoms with Crippen LogP contribution in [0.5, 0.6) is 0 Å². The number of aryl methyl sites for hydroxylation is 1. The summed E-state index contributed by atoms with van der Waals surface area (Å²) in [6.45, 7) is 4.85. The molecule has 0 amide bonds. The number of aromatic nitrogens is 2. The third kappa shape index (κ3) is 4.27. The van der Waals surface area contributed by atoms with Gasteiger partial charge in [-0.2, -0.15) is 4.98 Å². The number of halogens is 2. The molecule has 1 aliphatic rings. The van der Waals surface area contributed by atoms with Crippen LogP contribution in [0.3, 0.4) is 0 Å². The minimum absolute atomic E-state index is 0.661. The molecular formula is C17H20Cl2N4. The lowest BCUT2D eigenvalue weighted by Crippen LogP contribution is -2.21. The monoisotopic (exact) mass is 350 g/mol. The first kappa shape index (κ1) is 16.3. The molecular weight excluding hydrogens is 331 g/mol. The second kappa shape index (κ2) is 7.37. The Kier molecular flexibility index (Phi) is 5.23. The van der Waals surface area contributed by atoms with Crippen LogP contribution in [0.25, 0.3) is 0 Å². The average molecular weight is 351 g/mol. The van der Waals surface area contributed by atoms with E-state index in [1.807, 2.05) is 25.1 Å². The lowest BCUT2D eigenvalue weighted by atomic mass is 10.1. The summed E-state index contributed by atoms with van der Waals surface area (Å²) in [7, 11) is 0. The quantitative estimate of drug-likeness (QED) is 0.870. The zero-order valence-electron chi connectivity index (χ0n) is 13.1. The van der Waals surface area contributed by atoms with Gasteiger partial charge in [0.05, 0.1) is 0 Å². The molecule has 6 heteroatoms. The van der Waals surface area contributed by atoms with Crippen LogP contribution >= 0.6 is 23.2 Å². The predicted octanol–water partition coefficient (Wildman–Crippen LogP) is 4.35. The van der Waals surface area contributed by atoms with Gasteiger partial charge in [-0.3, -0.25) is 0 Å². The van der Waals surface area contributed by atoms with Gasteiger partial charge < -0.3 is 10.2 Å². The average Bonchev–Trinajstić information content (AvgIpc) is 3.03. The van der Waals surface area contributed by atoms with Crippen LogP contribution in [0.2, 0.25) is 10.0 Å². The normalized spacial score (nSPS) is 14.3. The number of benzene rings is 1. The van der Waals surface area contributed by atoms with Crippen molar-refractivity contribution in [1.29, 1.82) is 0 Å². The van der Waals surface area contributed by atoms with E-state index >= 15 is 0 Å². The van der Waals surface area contributed by atoms with Crippen LogP contribution in [0.1, 0.15) is 24.1 Å². The molecule has 0 spiro atoms. The lowest BCUT2D eigenvalue weighted by molar-refractivity contribution is 0.885. The van der Waals surface area contributed by atoms with Crippen molar-refractivity contribution in [2.75, 3.05) is 29.9 Å². The first-order chi connectivity index (χ1) is 11.1. The molecule has 1 N–H and O–H groups in total. The Morgan fingerprint density at radius 1 is 1.13 bits per heavy atom. The predicted molar refractivity (Wildman–Crippen MR) is 96.9 cm³/mol. The maximum atomic E-state index is 6.20.